The molecule has 0 amide bonds. The number of aliphatic hydroxyl groups is 2. The smallest absolute Gasteiger partial charge is 0.0702 e. The van der Waals surface area contributed by atoms with E-state index in [0.29, 0.717) is 17.8 Å². The Bertz CT molecular complexity index is 564. The molecule has 0 saturated heterocycles. The number of aliphatic hydroxyl groups excluding tert-OH is 1. The largest absolute Gasteiger partial charge is 0.393 e. The zero-order valence-electron chi connectivity index (χ0n) is 14.9. The minimum absolute atomic E-state index is 0.0365. The first-order valence-corrected chi connectivity index (χ1v) is 9.63. The second kappa shape index (κ2) is 4.95. The minimum atomic E-state index is -0.580. The third kappa shape index (κ3) is 1.88. The van der Waals surface area contributed by atoms with E-state index in [0.717, 1.165) is 32.1 Å². The molecule has 0 heterocycles. The van der Waals surface area contributed by atoms with E-state index in [-0.39, 0.29) is 16.9 Å². The van der Waals surface area contributed by atoms with Crippen LogP contribution in [-0.4, -0.2) is 21.9 Å². The molecule has 2 nitrogen and oxygen atoms in total. The van der Waals surface area contributed by atoms with Crippen LogP contribution in [0.25, 0.3) is 0 Å². The molecule has 0 aliphatic heterocycles. The van der Waals surface area contributed by atoms with Crippen LogP contribution < -0.4 is 0 Å². The van der Waals surface area contributed by atoms with Gasteiger partial charge in [0.15, 0.2) is 0 Å². The van der Waals surface area contributed by atoms with Crippen molar-refractivity contribution < 1.29 is 10.2 Å². The summed E-state index contributed by atoms with van der Waals surface area (Å²) in [7, 11) is 0. The summed E-state index contributed by atoms with van der Waals surface area (Å²) in [5.74, 6) is 1.44. The SMILES string of the molecule is CC[C@@]1(O)CC[C@H]2[C@@H]3CCC4=CCC=C[C@]4(C)[C@H]3C(O)C[C@@]21C. The third-order valence-electron chi connectivity index (χ3n) is 8.46. The number of fused-ring (bicyclic) bond motifs is 5. The molecule has 2 N–H and O–H groups in total. The fourth-order valence-electron chi connectivity index (χ4n) is 7.14. The molecule has 4 rings (SSSR count). The average molecular weight is 316 g/mol. The molecule has 128 valence electrons. The summed E-state index contributed by atoms with van der Waals surface area (Å²) in [5.41, 5.74) is 0.892. The highest BCUT2D eigenvalue weighted by Crippen LogP contribution is 2.67. The van der Waals surface area contributed by atoms with Gasteiger partial charge >= 0.3 is 0 Å². The number of allylic oxidation sites excluding steroid dienone is 4. The highest BCUT2D eigenvalue weighted by Gasteiger charge is 2.65. The van der Waals surface area contributed by atoms with Crippen LogP contribution in [0, 0.1) is 28.6 Å². The zero-order valence-corrected chi connectivity index (χ0v) is 14.9. The maximum absolute atomic E-state index is 11.2. The van der Waals surface area contributed by atoms with E-state index in [1.165, 1.54) is 12.8 Å². The lowest BCUT2D eigenvalue weighted by Gasteiger charge is -2.60. The Morgan fingerprint density at radius 3 is 2.78 bits per heavy atom. The summed E-state index contributed by atoms with van der Waals surface area (Å²) in [6, 6.07) is 0. The predicted molar refractivity (Wildman–Crippen MR) is 92.9 cm³/mol. The highest BCUT2D eigenvalue weighted by molar-refractivity contribution is 5.32. The lowest BCUT2D eigenvalue weighted by Crippen LogP contribution is -2.59. The molecule has 1 unspecified atom stereocenters. The van der Waals surface area contributed by atoms with Gasteiger partial charge in [0.05, 0.1) is 11.7 Å². The van der Waals surface area contributed by atoms with E-state index in [9.17, 15) is 10.2 Å². The van der Waals surface area contributed by atoms with E-state index in [4.69, 9.17) is 0 Å². The van der Waals surface area contributed by atoms with Crippen molar-refractivity contribution >= 4 is 0 Å². The molecule has 0 radical (unpaired) electrons. The lowest BCUT2D eigenvalue weighted by atomic mass is 9.46. The van der Waals surface area contributed by atoms with Crippen molar-refractivity contribution in [2.75, 3.05) is 0 Å². The van der Waals surface area contributed by atoms with Crippen LogP contribution in [0.15, 0.2) is 23.8 Å². The van der Waals surface area contributed by atoms with Crippen LogP contribution in [-0.2, 0) is 0 Å². The van der Waals surface area contributed by atoms with Gasteiger partial charge in [-0.1, -0.05) is 44.6 Å². The second-order valence-corrected chi connectivity index (χ2v) is 9.10. The van der Waals surface area contributed by atoms with Crippen molar-refractivity contribution in [1.82, 2.24) is 0 Å². The van der Waals surface area contributed by atoms with Gasteiger partial charge in [0.1, 0.15) is 0 Å². The summed E-state index contributed by atoms with van der Waals surface area (Å²) >= 11 is 0. The first-order valence-electron chi connectivity index (χ1n) is 9.63. The normalized spacial score (nSPS) is 54.9. The van der Waals surface area contributed by atoms with Crippen molar-refractivity contribution in [2.45, 2.75) is 77.4 Å². The first-order chi connectivity index (χ1) is 10.9. The Morgan fingerprint density at radius 1 is 1.26 bits per heavy atom. The Balaban J connectivity index is 1.75. The standard InChI is InChI=1S/C21H32O2/c1-4-21(23)12-10-16-15-9-8-14-7-5-6-11-19(14,2)18(15)17(22)13-20(16,21)3/h6-7,11,15-18,22-23H,4-5,8-10,12-13H2,1-3H3/t15-,16-,17?,18+,19-,20-,21+/m0/s1. The molecule has 3 fully saturated rings. The van der Waals surface area contributed by atoms with Crippen molar-refractivity contribution in [1.29, 1.82) is 0 Å². The summed E-state index contributed by atoms with van der Waals surface area (Å²) in [6.45, 7) is 6.72. The lowest BCUT2D eigenvalue weighted by molar-refractivity contribution is -0.164. The summed E-state index contributed by atoms with van der Waals surface area (Å²) in [5, 5.41) is 22.4. The molecular formula is C21H32O2. The van der Waals surface area contributed by atoms with Crippen LogP contribution in [0.3, 0.4) is 0 Å². The average Bonchev–Trinajstić information content (AvgIpc) is 2.78. The van der Waals surface area contributed by atoms with Gasteiger partial charge in [-0.05, 0) is 56.8 Å². The van der Waals surface area contributed by atoms with Gasteiger partial charge in [-0.2, -0.15) is 0 Å². The number of rotatable bonds is 1. The molecule has 4 aliphatic rings. The van der Waals surface area contributed by atoms with E-state index in [1.807, 2.05) is 0 Å². The monoisotopic (exact) mass is 316 g/mol. The summed E-state index contributed by atoms with van der Waals surface area (Å²) in [6.07, 6.45) is 13.8. The molecule has 0 aromatic carbocycles. The molecular weight excluding hydrogens is 284 g/mol. The molecule has 7 atom stereocenters. The fourth-order valence-corrected chi connectivity index (χ4v) is 7.14. The Hall–Kier alpha value is -0.600. The van der Waals surface area contributed by atoms with E-state index < -0.39 is 5.60 Å². The Kier molecular flexibility index (Phi) is 3.42. The molecule has 0 aromatic rings. The van der Waals surface area contributed by atoms with Crippen LogP contribution in [0.4, 0.5) is 0 Å². The van der Waals surface area contributed by atoms with E-state index in [1.54, 1.807) is 5.57 Å². The van der Waals surface area contributed by atoms with Gasteiger partial charge in [0.2, 0.25) is 0 Å². The maximum Gasteiger partial charge on any atom is 0.0702 e. The quantitative estimate of drug-likeness (QED) is 0.711. The van der Waals surface area contributed by atoms with Crippen LogP contribution in [0.2, 0.25) is 0 Å². The maximum atomic E-state index is 11.2. The topological polar surface area (TPSA) is 40.5 Å². The third-order valence-corrected chi connectivity index (χ3v) is 8.46. The van der Waals surface area contributed by atoms with Gasteiger partial charge < -0.3 is 10.2 Å². The summed E-state index contributed by atoms with van der Waals surface area (Å²) in [4.78, 5) is 0. The molecule has 3 saturated carbocycles. The van der Waals surface area contributed by atoms with Crippen LogP contribution >= 0.6 is 0 Å². The molecule has 4 aliphatic carbocycles. The number of hydrogen-bond acceptors (Lipinski definition) is 2. The van der Waals surface area contributed by atoms with Gasteiger partial charge in [-0.3, -0.25) is 0 Å². The van der Waals surface area contributed by atoms with Gasteiger partial charge in [-0.25, -0.2) is 0 Å². The summed E-state index contributed by atoms with van der Waals surface area (Å²) < 4.78 is 0. The van der Waals surface area contributed by atoms with Gasteiger partial charge in [-0.15, -0.1) is 0 Å². The Labute approximate surface area is 140 Å². The molecule has 23 heavy (non-hydrogen) atoms. The second-order valence-electron chi connectivity index (χ2n) is 9.10. The van der Waals surface area contributed by atoms with Gasteiger partial charge in [0, 0.05) is 16.7 Å². The predicted octanol–water partition coefficient (Wildman–Crippen LogP) is 4.23. The number of hydrogen-bond donors (Lipinski definition) is 2. The molecule has 0 spiro atoms. The van der Waals surface area contributed by atoms with Gasteiger partial charge in [0.25, 0.3) is 0 Å². The fraction of sp³-hybridized carbons (Fsp3) is 0.810. The Morgan fingerprint density at radius 2 is 2.04 bits per heavy atom. The minimum Gasteiger partial charge on any atom is -0.393 e. The molecule has 0 aromatic heterocycles. The van der Waals surface area contributed by atoms with Crippen molar-refractivity contribution in [2.24, 2.45) is 28.6 Å². The van der Waals surface area contributed by atoms with Crippen molar-refractivity contribution in [3.8, 4) is 0 Å². The van der Waals surface area contributed by atoms with Crippen LogP contribution in [0.5, 0.6) is 0 Å². The first kappa shape index (κ1) is 15.9. The van der Waals surface area contributed by atoms with E-state index >= 15 is 0 Å². The van der Waals surface area contributed by atoms with Crippen molar-refractivity contribution in [3.63, 3.8) is 0 Å². The van der Waals surface area contributed by atoms with Crippen LogP contribution in [0.1, 0.15) is 65.7 Å². The molecule has 2 heteroatoms. The van der Waals surface area contributed by atoms with E-state index in [2.05, 4.69) is 39.0 Å². The molecule has 0 bridgehead atoms. The van der Waals surface area contributed by atoms with Crippen molar-refractivity contribution in [3.05, 3.63) is 23.8 Å². The highest BCUT2D eigenvalue weighted by atomic mass is 16.3. The zero-order chi connectivity index (χ0) is 16.5.